The summed E-state index contributed by atoms with van der Waals surface area (Å²) in [7, 11) is 1.68. The lowest BCUT2D eigenvalue weighted by Crippen LogP contribution is -2.44. The summed E-state index contributed by atoms with van der Waals surface area (Å²) >= 11 is 0. The molecule has 3 aromatic rings. The molecule has 34 heavy (non-hydrogen) atoms. The van der Waals surface area contributed by atoms with Crippen LogP contribution >= 0.6 is 0 Å². The largest absolute Gasteiger partial charge is 0.374 e. The van der Waals surface area contributed by atoms with E-state index in [0.717, 1.165) is 29.5 Å². The van der Waals surface area contributed by atoms with Gasteiger partial charge in [-0.05, 0) is 23.1 Å². The average molecular weight is 463 g/mol. The third kappa shape index (κ3) is 7.49. The predicted octanol–water partition coefficient (Wildman–Crippen LogP) is 5.53. The topological polar surface area (TPSA) is 46.2 Å². The van der Waals surface area contributed by atoms with Crippen molar-refractivity contribution in [3.05, 3.63) is 108 Å². The number of methoxy groups -OCH3 is 1. The van der Waals surface area contributed by atoms with E-state index < -0.39 is 0 Å². The fourth-order valence-electron chi connectivity index (χ4n) is 4.16. The third-order valence-corrected chi connectivity index (χ3v) is 6.00. The minimum Gasteiger partial charge on any atom is -0.374 e. The molecule has 0 amide bonds. The van der Waals surface area contributed by atoms with E-state index in [2.05, 4.69) is 36.4 Å². The zero-order valence-electron chi connectivity index (χ0n) is 19.8. The Hall–Kier alpha value is -2.54. The van der Waals surface area contributed by atoms with Gasteiger partial charge in [-0.15, -0.1) is 0 Å². The molecule has 0 N–H and O–H groups in total. The Balaban J connectivity index is 1.47. The van der Waals surface area contributed by atoms with E-state index in [1.54, 1.807) is 7.11 Å². The van der Waals surface area contributed by atoms with Crippen molar-refractivity contribution in [1.82, 2.24) is 0 Å². The first-order chi connectivity index (χ1) is 16.8. The van der Waals surface area contributed by atoms with Crippen LogP contribution in [0, 0.1) is 0 Å². The van der Waals surface area contributed by atoms with Crippen LogP contribution in [-0.2, 0) is 43.5 Å². The minimum atomic E-state index is -0.321. The zero-order valence-corrected chi connectivity index (χ0v) is 19.8. The van der Waals surface area contributed by atoms with E-state index >= 15 is 0 Å². The Morgan fingerprint density at radius 3 is 1.76 bits per heavy atom. The number of ether oxygens (including phenoxy) is 5. The molecule has 5 nitrogen and oxygen atoms in total. The molecule has 1 aliphatic rings. The van der Waals surface area contributed by atoms with Crippen LogP contribution < -0.4 is 0 Å². The van der Waals surface area contributed by atoms with Crippen LogP contribution in [0.25, 0.3) is 0 Å². The molecule has 5 heteroatoms. The molecule has 0 spiro atoms. The highest BCUT2D eigenvalue weighted by atomic mass is 16.7. The van der Waals surface area contributed by atoms with Gasteiger partial charge in [0.15, 0.2) is 6.29 Å². The molecule has 1 aliphatic heterocycles. The van der Waals surface area contributed by atoms with Gasteiger partial charge in [-0.1, -0.05) is 91.0 Å². The lowest BCUT2D eigenvalue weighted by molar-refractivity contribution is -0.206. The fourth-order valence-corrected chi connectivity index (χ4v) is 4.16. The number of benzene rings is 3. The van der Waals surface area contributed by atoms with Gasteiger partial charge >= 0.3 is 0 Å². The normalized spacial score (nSPS) is 22.9. The lowest BCUT2D eigenvalue weighted by atomic mass is 10.0. The Morgan fingerprint density at radius 2 is 1.21 bits per heavy atom. The maximum atomic E-state index is 6.47. The summed E-state index contributed by atoms with van der Waals surface area (Å²) in [6.07, 6.45) is 0.435. The van der Waals surface area contributed by atoms with Crippen LogP contribution in [0.2, 0.25) is 0 Å². The van der Waals surface area contributed by atoms with Gasteiger partial charge in [-0.2, -0.15) is 0 Å². The Bertz CT molecular complexity index is 935. The summed E-state index contributed by atoms with van der Waals surface area (Å²) in [4.78, 5) is 0. The smallest absolute Gasteiger partial charge is 0.157 e. The fraction of sp³-hybridized carbons (Fsp3) is 0.379. The van der Waals surface area contributed by atoms with Crippen molar-refractivity contribution in [3.63, 3.8) is 0 Å². The SMILES string of the molecule is CO[C@@H]1CC[C@@H](OCc2ccccc2)[C@H](OCc2ccccc2)[C@@H](COCc2ccccc2)O1. The molecule has 4 rings (SSSR count). The highest BCUT2D eigenvalue weighted by molar-refractivity contribution is 5.15. The van der Waals surface area contributed by atoms with Crippen LogP contribution in [-0.4, -0.2) is 38.3 Å². The molecular weight excluding hydrogens is 428 g/mol. The second kappa shape index (κ2) is 13.4. The monoisotopic (exact) mass is 462 g/mol. The van der Waals surface area contributed by atoms with Gasteiger partial charge in [-0.3, -0.25) is 0 Å². The van der Waals surface area contributed by atoms with Gasteiger partial charge < -0.3 is 23.7 Å². The van der Waals surface area contributed by atoms with Crippen LogP contribution in [0.4, 0.5) is 0 Å². The van der Waals surface area contributed by atoms with E-state index in [4.69, 9.17) is 23.7 Å². The highest BCUT2D eigenvalue weighted by Crippen LogP contribution is 2.27. The molecule has 1 fully saturated rings. The van der Waals surface area contributed by atoms with Gasteiger partial charge in [0, 0.05) is 13.5 Å². The van der Waals surface area contributed by atoms with Crippen molar-refractivity contribution in [2.24, 2.45) is 0 Å². The van der Waals surface area contributed by atoms with Gasteiger partial charge in [0.1, 0.15) is 12.2 Å². The van der Waals surface area contributed by atoms with Crippen molar-refractivity contribution >= 4 is 0 Å². The number of rotatable bonds is 11. The van der Waals surface area contributed by atoms with Gasteiger partial charge in [0.05, 0.1) is 32.5 Å². The minimum absolute atomic E-state index is 0.144. The first-order valence-electron chi connectivity index (χ1n) is 11.9. The lowest BCUT2D eigenvalue weighted by Gasteiger charge is -2.31. The van der Waals surface area contributed by atoms with Crippen molar-refractivity contribution in [2.45, 2.75) is 57.3 Å². The molecule has 0 bridgehead atoms. The van der Waals surface area contributed by atoms with E-state index in [0.29, 0.717) is 26.4 Å². The molecular formula is C29H34O5. The second-order valence-electron chi connectivity index (χ2n) is 8.51. The van der Waals surface area contributed by atoms with Crippen molar-refractivity contribution < 1.29 is 23.7 Å². The van der Waals surface area contributed by atoms with Crippen molar-refractivity contribution in [2.75, 3.05) is 13.7 Å². The third-order valence-electron chi connectivity index (χ3n) is 6.00. The molecule has 180 valence electrons. The van der Waals surface area contributed by atoms with Crippen LogP contribution in [0.15, 0.2) is 91.0 Å². The average Bonchev–Trinajstić information content (AvgIpc) is 3.07. The molecule has 0 aromatic heterocycles. The summed E-state index contributed by atoms with van der Waals surface area (Å²) in [5.74, 6) is 0. The van der Waals surface area contributed by atoms with Gasteiger partial charge in [0.25, 0.3) is 0 Å². The molecule has 1 saturated heterocycles. The van der Waals surface area contributed by atoms with Gasteiger partial charge in [0.2, 0.25) is 0 Å². The van der Waals surface area contributed by atoms with E-state index in [1.165, 1.54) is 0 Å². The quantitative estimate of drug-likeness (QED) is 0.375. The number of hydrogen-bond donors (Lipinski definition) is 0. The molecule has 0 aliphatic carbocycles. The Kier molecular flexibility index (Phi) is 9.67. The zero-order chi connectivity index (χ0) is 23.4. The summed E-state index contributed by atoms with van der Waals surface area (Å²) in [6.45, 7) is 1.90. The molecule has 0 unspecified atom stereocenters. The second-order valence-corrected chi connectivity index (χ2v) is 8.51. The van der Waals surface area contributed by atoms with E-state index in [1.807, 2.05) is 54.6 Å². The Morgan fingerprint density at radius 1 is 0.676 bits per heavy atom. The van der Waals surface area contributed by atoms with Crippen molar-refractivity contribution in [1.29, 1.82) is 0 Å². The summed E-state index contributed by atoms with van der Waals surface area (Å²) in [6, 6.07) is 30.5. The first-order valence-corrected chi connectivity index (χ1v) is 11.9. The first kappa shape index (κ1) is 24.6. The number of hydrogen-bond acceptors (Lipinski definition) is 5. The van der Waals surface area contributed by atoms with E-state index in [9.17, 15) is 0 Å². The summed E-state index contributed by atoms with van der Waals surface area (Å²) < 4.78 is 30.9. The maximum Gasteiger partial charge on any atom is 0.157 e. The van der Waals surface area contributed by atoms with Crippen molar-refractivity contribution in [3.8, 4) is 0 Å². The van der Waals surface area contributed by atoms with Crippen LogP contribution in [0.1, 0.15) is 29.5 Å². The molecule has 3 aromatic carbocycles. The van der Waals surface area contributed by atoms with Crippen LogP contribution in [0.3, 0.4) is 0 Å². The standard InChI is InChI=1S/C29H34O5/c1-30-28-18-17-26(32-20-24-13-7-3-8-14-24)29(33-21-25-15-9-4-10-16-25)27(34-28)22-31-19-23-11-5-2-6-12-23/h2-16,26-29H,17-22H2,1H3/t26-,27-,28+,29+/m1/s1. The van der Waals surface area contributed by atoms with Crippen LogP contribution in [0.5, 0.6) is 0 Å². The molecule has 4 atom stereocenters. The summed E-state index contributed by atoms with van der Waals surface area (Å²) in [5, 5.41) is 0. The predicted molar refractivity (Wildman–Crippen MR) is 131 cm³/mol. The Labute approximate surface area is 202 Å². The maximum absolute atomic E-state index is 6.47. The highest BCUT2D eigenvalue weighted by Gasteiger charge is 2.37. The van der Waals surface area contributed by atoms with E-state index in [-0.39, 0.29) is 24.6 Å². The molecule has 0 saturated carbocycles. The molecule has 0 radical (unpaired) electrons. The molecule has 1 heterocycles. The summed E-state index contributed by atoms with van der Waals surface area (Å²) in [5.41, 5.74) is 3.37. The van der Waals surface area contributed by atoms with Gasteiger partial charge in [-0.25, -0.2) is 0 Å².